The molecule has 2 nitrogen and oxygen atoms in total. The molecule has 0 radical (unpaired) electrons. The molecule has 3 aromatic rings. The van der Waals surface area contributed by atoms with E-state index in [4.69, 9.17) is 69.6 Å². The minimum Gasteiger partial charge on any atom is -0.255 e. The fourth-order valence-electron chi connectivity index (χ4n) is 2.21. The van der Waals surface area contributed by atoms with Gasteiger partial charge in [-0.1, -0.05) is 81.7 Å². The highest BCUT2D eigenvalue weighted by Crippen LogP contribution is 2.36. The fourth-order valence-corrected chi connectivity index (χ4v) is 3.54. The average molecular weight is 491 g/mol. The third-order valence-corrected chi connectivity index (χ3v) is 5.36. The first-order valence-electron chi connectivity index (χ1n) is 7.81. The van der Waals surface area contributed by atoms with Gasteiger partial charge in [0.15, 0.2) is 0 Å². The Morgan fingerprint density at radius 3 is 1.25 bits per heavy atom. The monoisotopic (exact) mass is 488 g/mol. The number of halogens is 6. The van der Waals surface area contributed by atoms with E-state index in [1.807, 2.05) is 0 Å². The van der Waals surface area contributed by atoms with Crippen molar-refractivity contribution in [2.45, 2.75) is 0 Å². The van der Waals surface area contributed by atoms with E-state index >= 15 is 0 Å². The standard InChI is InChI=1S/C20H10Cl6N2/c21-13-3-1-11(15(23)5-13)9-27-19-7-18(26)20(8-17(19)25)28-10-12-2-4-14(22)6-16(12)24/h1-10H. The molecule has 0 spiro atoms. The lowest BCUT2D eigenvalue weighted by Gasteiger charge is -2.04. The van der Waals surface area contributed by atoms with Gasteiger partial charge >= 0.3 is 0 Å². The Kier molecular flexibility index (Phi) is 7.27. The maximum absolute atomic E-state index is 6.32. The van der Waals surface area contributed by atoms with E-state index < -0.39 is 0 Å². The van der Waals surface area contributed by atoms with Gasteiger partial charge in [0.05, 0.1) is 31.5 Å². The summed E-state index contributed by atoms with van der Waals surface area (Å²) in [6.07, 6.45) is 3.18. The van der Waals surface area contributed by atoms with Crippen LogP contribution in [0.25, 0.3) is 0 Å². The molecule has 0 unspecified atom stereocenters. The second-order valence-corrected chi connectivity index (χ2v) is 8.10. The van der Waals surface area contributed by atoms with E-state index in [9.17, 15) is 0 Å². The lowest BCUT2D eigenvalue weighted by Crippen LogP contribution is -1.84. The average Bonchev–Trinajstić information content (AvgIpc) is 2.63. The Hall–Kier alpha value is -1.26. The Labute approximate surface area is 192 Å². The van der Waals surface area contributed by atoms with Gasteiger partial charge in [0.2, 0.25) is 0 Å². The lowest BCUT2D eigenvalue weighted by molar-refractivity contribution is 1.48. The molecule has 0 N–H and O–H groups in total. The third kappa shape index (κ3) is 5.42. The van der Waals surface area contributed by atoms with Gasteiger partial charge in [-0.25, -0.2) is 0 Å². The van der Waals surface area contributed by atoms with Crippen LogP contribution in [0.1, 0.15) is 11.1 Å². The van der Waals surface area contributed by atoms with Crippen molar-refractivity contribution in [1.29, 1.82) is 0 Å². The smallest absolute Gasteiger partial charge is 0.0832 e. The van der Waals surface area contributed by atoms with E-state index in [1.54, 1.807) is 61.0 Å². The minimum absolute atomic E-state index is 0.389. The molecule has 8 heteroatoms. The fraction of sp³-hybridized carbons (Fsp3) is 0. The van der Waals surface area contributed by atoms with Crippen molar-refractivity contribution in [2.24, 2.45) is 9.98 Å². The van der Waals surface area contributed by atoms with E-state index in [0.717, 1.165) is 0 Å². The second kappa shape index (κ2) is 9.49. The normalized spacial score (nSPS) is 11.6. The van der Waals surface area contributed by atoms with Gasteiger partial charge in [-0.05, 0) is 36.4 Å². The van der Waals surface area contributed by atoms with Gasteiger partial charge in [0.25, 0.3) is 0 Å². The number of hydrogen-bond donors (Lipinski definition) is 0. The quantitative estimate of drug-likeness (QED) is 0.326. The van der Waals surface area contributed by atoms with Crippen LogP contribution in [-0.2, 0) is 0 Å². The number of hydrogen-bond acceptors (Lipinski definition) is 2. The zero-order chi connectivity index (χ0) is 20.3. The predicted octanol–water partition coefficient (Wildman–Crippen LogP) is 9.11. The first-order valence-corrected chi connectivity index (χ1v) is 10.1. The predicted molar refractivity (Wildman–Crippen MR) is 124 cm³/mol. The highest BCUT2D eigenvalue weighted by atomic mass is 35.5. The molecule has 3 rings (SSSR count). The summed E-state index contributed by atoms with van der Waals surface area (Å²) in [5.41, 5.74) is 2.39. The van der Waals surface area contributed by atoms with Crippen molar-refractivity contribution in [2.75, 3.05) is 0 Å². The van der Waals surface area contributed by atoms with E-state index in [-0.39, 0.29) is 0 Å². The van der Waals surface area contributed by atoms with Crippen LogP contribution in [0.3, 0.4) is 0 Å². The summed E-state index contributed by atoms with van der Waals surface area (Å²) in [7, 11) is 0. The Morgan fingerprint density at radius 1 is 0.500 bits per heavy atom. The summed E-state index contributed by atoms with van der Waals surface area (Å²) in [5, 5.41) is 2.84. The molecule has 0 fully saturated rings. The summed E-state index contributed by atoms with van der Waals surface area (Å²) in [5.74, 6) is 0. The first-order chi connectivity index (χ1) is 13.3. The molecule has 28 heavy (non-hydrogen) atoms. The lowest BCUT2D eigenvalue weighted by atomic mass is 10.2. The Bertz CT molecular complexity index is 1010. The summed E-state index contributed by atoms with van der Waals surface area (Å²) < 4.78 is 0. The van der Waals surface area contributed by atoms with Gasteiger partial charge in [-0.15, -0.1) is 0 Å². The zero-order valence-corrected chi connectivity index (χ0v) is 18.5. The van der Waals surface area contributed by atoms with Crippen LogP contribution in [0, 0.1) is 0 Å². The molecule has 0 aliphatic heterocycles. The van der Waals surface area contributed by atoms with Crippen LogP contribution in [0.15, 0.2) is 58.5 Å². The van der Waals surface area contributed by atoms with Gasteiger partial charge in [0, 0.05) is 33.6 Å². The Balaban J connectivity index is 1.86. The highest BCUT2D eigenvalue weighted by molar-refractivity contribution is 6.38. The van der Waals surface area contributed by atoms with Crippen molar-refractivity contribution in [3.63, 3.8) is 0 Å². The molecule has 0 saturated carbocycles. The number of rotatable bonds is 4. The number of aliphatic imine (C=N–C) groups is 2. The van der Waals surface area contributed by atoms with Crippen molar-refractivity contribution in [3.05, 3.63) is 89.8 Å². The highest BCUT2D eigenvalue weighted by Gasteiger charge is 2.07. The molecule has 0 amide bonds. The maximum Gasteiger partial charge on any atom is 0.0832 e. The molecular weight excluding hydrogens is 481 g/mol. The van der Waals surface area contributed by atoms with Crippen molar-refractivity contribution in [1.82, 2.24) is 0 Å². The van der Waals surface area contributed by atoms with Gasteiger partial charge in [0.1, 0.15) is 0 Å². The first kappa shape index (κ1) is 21.4. The minimum atomic E-state index is 0.389. The van der Waals surface area contributed by atoms with Crippen LogP contribution in [0.2, 0.25) is 30.1 Å². The second-order valence-electron chi connectivity index (χ2n) is 5.60. The third-order valence-electron chi connectivity index (χ3n) is 3.63. The molecule has 0 aliphatic carbocycles. The molecule has 0 heterocycles. The molecule has 0 aromatic heterocycles. The van der Waals surface area contributed by atoms with Crippen LogP contribution < -0.4 is 0 Å². The van der Waals surface area contributed by atoms with Gasteiger partial charge in [-0.2, -0.15) is 0 Å². The summed E-state index contributed by atoms with van der Waals surface area (Å²) in [6, 6.07) is 13.5. The van der Waals surface area contributed by atoms with Crippen LogP contribution in [0.5, 0.6) is 0 Å². The summed E-state index contributed by atoms with van der Waals surface area (Å²) in [6.45, 7) is 0. The maximum atomic E-state index is 6.32. The van der Waals surface area contributed by atoms with E-state index in [0.29, 0.717) is 52.6 Å². The van der Waals surface area contributed by atoms with Crippen LogP contribution in [-0.4, -0.2) is 12.4 Å². The molecule has 0 bridgehead atoms. The van der Waals surface area contributed by atoms with Gasteiger partial charge < -0.3 is 0 Å². The molecule has 0 aliphatic rings. The topological polar surface area (TPSA) is 24.7 Å². The number of benzene rings is 3. The molecule has 142 valence electrons. The molecular formula is C20H10Cl6N2. The molecule has 0 atom stereocenters. The van der Waals surface area contributed by atoms with E-state index in [1.165, 1.54) is 0 Å². The van der Waals surface area contributed by atoms with Crippen LogP contribution >= 0.6 is 69.6 Å². The van der Waals surface area contributed by atoms with Crippen molar-refractivity contribution in [3.8, 4) is 0 Å². The largest absolute Gasteiger partial charge is 0.255 e. The molecule has 0 saturated heterocycles. The Morgan fingerprint density at radius 2 is 0.893 bits per heavy atom. The summed E-state index contributed by atoms with van der Waals surface area (Å²) in [4.78, 5) is 8.71. The van der Waals surface area contributed by atoms with Crippen molar-refractivity contribution >= 4 is 93.4 Å². The van der Waals surface area contributed by atoms with Crippen LogP contribution in [0.4, 0.5) is 11.4 Å². The van der Waals surface area contributed by atoms with Gasteiger partial charge in [-0.3, -0.25) is 9.98 Å². The molecule has 3 aromatic carbocycles. The SMILES string of the molecule is Clc1ccc(C=Nc2cc(Cl)c(N=Cc3ccc(Cl)cc3Cl)cc2Cl)c(Cl)c1. The van der Waals surface area contributed by atoms with Crippen molar-refractivity contribution < 1.29 is 0 Å². The number of nitrogens with zero attached hydrogens (tertiary/aromatic N) is 2. The summed E-state index contributed by atoms with van der Waals surface area (Å²) >= 11 is 36.7. The zero-order valence-electron chi connectivity index (χ0n) is 13.9. The van der Waals surface area contributed by atoms with E-state index in [2.05, 4.69) is 9.98 Å².